The summed E-state index contributed by atoms with van der Waals surface area (Å²) in [6.07, 6.45) is 20.8. The van der Waals surface area contributed by atoms with E-state index in [9.17, 15) is 4.79 Å². The van der Waals surface area contributed by atoms with E-state index < -0.39 is 0 Å². The second kappa shape index (κ2) is 16.4. The van der Waals surface area contributed by atoms with Gasteiger partial charge >= 0.3 is 5.97 Å². The number of carbonyl (C=O) groups is 1. The zero-order chi connectivity index (χ0) is 23.7. The lowest BCUT2D eigenvalue weighted by Gasteiger charge is -2.08. The van der Waals surface area contributed by atoms with Crippen LogP contribution in [0.1, 0.15) is 110 Å². The number of rotatable bonds is 17. The second-order valence-corrected chi connectivity index (χ2v) is 9.40. The van der Waals surface area contributed by atoms with Crippen LogP contribution in [0.25, 0.3) is 11.4 Å². The summed E-state index contributed by atoms with van der Waals surface area (Å²) in [6.45, 7) is 6.57. The Balaban J connectivity index is 1.66. The molecule has 2 aromatic rings. The summed E-state index contributed by atoms with van der Waals surface area (Å²) in [4.78, 5) is 21.1. The SMILES string of the molecule is CCCCCCCCCCCCc1cnc(-c2ccc(OC(=O)CCC(C)CC)cc2)nc1. The van der Waals surface area contributed by atoms with E-state index >= 15 is 0 Å². The molecule has 0 fully saturated rings. The van der Waals surface area contributed by atoms with Gasteiger partial charge in [-0.05, 0) is 55.0 Å². The Morgan fingerprint density at radius 1 is 0.848 bits per heavy atom. The quantitative estimate of drug-likeness (QED) is 0.137. The van der Waals surface area contributed by atoms with Crippen molar-refractivity contribution in [2.24, 2.45) is 5.92 Å². The second-order valence-electron chi connectivity index (χ2n) is 9.40. The van der Waals surface area contributed by atoms with Crippen LogP contribution in [0.2, 0.25) is 0 Å². The number of ether oxygens (including phenoxy) is 1. The van der Waals surface area contributed by atoms with Gasteiger partial charge in [0.05, 0.1) is 0 Å². The number of aryl methyl sites for hydroxylation is 1. The molecule has 0 bridgehead atoms. The van der Waals surface area contributed by atoms with Gasteiger partial charge in [-0.3, -0.25) is 4.79 Å². The van der Waals surface area contributed by atoms with E-state index in [0.29, 0.717) is 23.9 Å². The standard InChI is InChI=1S/C29H44N2O2/c1-4-6-7-8-9-10-11-12-13-14-15-25-22-30-29(31-23-25)26-17-19-27(20-18-26)33-28(32)21-16-24(3)5-2/h17-20,22-24H,4-16,21H2,1-3H3. The predicted molar refractivity (Wildman–Crippen MR) is 137 cm³/mol. The molecular weight excluding hydrogens is 408 g/mol. The number of aromatic nitrogens is 2. The molecule has 0 amide bonds. The lowest BCUT2D eigenvalue weighted by Crippen LogP contribution is -2.09. The molecule has 1 atom stereocenters. The van der Waals surface area contributed by atoms with E-state index in [1.54, 1.807) is 0 Å². The molecular formula is C29H44N2O2. The van der Waals surface area contributed by atoms with Gasteiger partial charge in [-0.2, -0.15) is 0 Å². The lowest BCUT2D eigenvalue weighted by molar-refractivity contribution is -0.134. The van der Waals surface area contributed by atoms with Crippen LogP contribution in [0.3, 0.4) is 0 Å². The molecule has 0 aliphatic heterocycles. The van der Waals surface area contributed by atoms with Gasteiger partial charge in [-0.1, -0.05) is 85.0 Å². The number of benzene rings is 1. The third-order valence-corrected chi connectivity index (χ3v) is 6.41. The van der Waals surface area contributed by atoms with Gasteiger partial charge < -0.3 is 4.74 Å². The molecule has 182 valence electrons. The molecule has 33 heavy (non-hydrogen) atoms. The zero-order valence-electron chi connectivity index (χ0n) is 21.2. The van der Waals surface area contributed by atoms with E-state index in [1.807, 2.05) is 36.7 Å². The van der Waals surface area contributed by atoms with Crippen molar-refractivity contribution in [3.05, 3.63) is 42.2 Å². The van der Waals surface area contributed by atoms with Crippen LogP contribution in [-0.2, 0) is 11.2 Å². The van der Waals surface area contributed by atoms with Crippen LogP contribution in [-0.4, -0.2) is 15.9 Å². The van der Waals surface area contributed by atoms with Crippen molar-refractivity contribution in [2.75, 3.05) is 0 Å². The van der Waals surface area contributed by atoms with Crippen molar-refractivity contribution >= 4 is 5.97 Å². The van der Waals surface area contributed by atoms with E-state index in [4.69, 9.17) is 4.74 Å². The Hall–Kier alpha value is -2.23. The number of hydrogen-bond acceptors (Lipinski definition) is 4. The molecule has 2 rings (SSSR count). The lowest BCUT2D eigenvalue weighted by atomic mass is 10.0. The van der Waals surface area contributed by atoms with E-state index in [-0.39, 0.29) is 5.97 Å². The number of nitrogens with zero attached hydrogens (tertiary/aromatic N) is 2. The van der Waals surface area contributed by atoms with Gasteiger partial charge in [0.25, 0.3) is 0 Å². The van der Waals surface area contributed by atoms with Crippen molar-refractivity contribution in [1.29, 1.82) is 0 Å². The summed E-state index contributed by atoms with van der Waals surface area (Å²) in [6, 6.07) is 7.46. The monoisotopic (exact) mass is 452 g/mol. The van der Waals surface area contributed by atoms with E-state index in [1.165, 1.54) is 69.8 Å². The molecule has 4 heteroatoms. The molecule has 1 unspecified atom stereocenters. The topological polar surface area (TPSA) is 52.1 Å². The van der Waals surface area contributed by atoms with Crippen molar-refractivity contribution in [2.45, 2.75) is 111 Å². The fourth-order valence-electron chi connectivity index (χ4n) is 3.87. The third kappa shape index (κ3) is 11.5. The molecule has 0 N–H and O–H groups in total. The molecule has 1 aromatic heterocycles. The highest BCUT2D eigenvalue weighted by atomic mass is 16.5. The minimum Gasteiger partial charge on any atom is -0.427 e. The highest BCUT2D eigenvalue weighted by molar-refractivity contribution is 5.72. The van der Waals surface area contributed by atoms with Crippen molar-refractivity contribution in [3.63, 3.8) is 0 Å². The Morgan fingerprint density at radius 3 is 2.00 bits per heavy atom. The van der Waals surface area contributed by atoms with Crippen LogP contribution in [0.5, 0.6) is 5.75 Å². The van der Waals surface area contributed by atoms with Crippen molar-refractivity contribution in [3.8, 4) is 17.1 Å². The first-order valence-electron chi connectivity index (χ1n) is 13.2. The number of carbonyl (C=O) groups excluding carboxylic acids is 1. The van der Waals surface area contributed by atoms with Gasteiger partial charge in [-0.25, -0.2) is 9.97 Å². The van der Waals surface area contributed by atoms with Gasteiger partial charge in [0.2, 0.25) is 0 Å². The first-order chi connectivity index (χ1) is 16.1. The largest absolute Gasteiger partial charge is 0.427 e. The Labute approximate surface area is 201 Å². The minimum atomic E-state index is -0.171. The first kappa shape index (κ1) is 27.0. The van der Waals surface area contributed by atoms with E-state index in [2.05, 4.69) is 30.7 Å². The highest BCUT2D eigenvalue weighted by Gasteiger charge is 2.09. The zero-order valence-corrected chi connectivity index (χ0v) is 21.2. The molecule has 0 aliphatic rings. The fourth-order valence-corrected chi connectivity index (χ4v) is 3.87. The molecule has 0 spiro atoms. The fraction of sp³-hybridized carbons (Fsp3) is 0.621. The van der Waals surface area contributed by atoms with Crippen LogP contribution in [0.15, 0.2) is 36.7 Å². The van der Waals surface area contributed by atoms with Crippen molar-refractivity contribution in [1.82, 2.24) is 9.97 Å². The third-order valence-electron chi connectivity index (χ3n) is 6.41. The maximum Gasteiger partial charge on any atom is 0.311 e. The number of hydrogen-bond donors (Lipinski definition) is 0. The Kier molecular flexibility index (Phi) is 13.4. The molecule has 0 saturated heterocycles. The van der Waals surface area contributed by atoms with Gasteiger partial charge in [-0.15, -0.1) is 0 Å². The summed E-state index contributed by atoms with van der Waals surface area (Å²) in [7, 11) is 0. The Bertz CT molecular complexity index is 771. The molecule has 0 aliphatic carbocycles. The summed E-state index contributed by atoms with van der Waals surface area (Å²) in [5, 5.41) is 0. The molecule has 0 radical (unpaired) electrons. The normalized spacial score (nSPS) is 12.0. The van der Waals surface area contributed by atoms with Gasteiger partial charge in [0.1, 0.15) is 5.75 Å². The van der Waals surface area contributed by atoms with E-state index in [0.717, 1.165) is 24.8 Å². The predicted octanol–water partition coefficient (Wildman–Crippen LogP) is 8.34. The number of esters is 1. The van der Waals surface area contributed by atoms with Crippen molar-refractivity contribution < 1.29 is 9.53 Å². The molecule has 0 saturated carbocycles. The first-order valence-corrected chi connectivity index (χ1v) is 13.2. The molecule has 1 heterocycles. The van der Waals surface area contributed by atoms with Crippen LogP contribution in [0.4, 0.5) is 0 Å². The van der Waals surface area contributed by atoms with Crippen LogP contribution < -0.4 is 4.74 Å². The highest BCUT2D eigenvalue weighted by Crippen LogP contribution is 2.21. The number of unbranched alkanes of at least 4 members (excludes halogenated alkanes) is 9. The summed E-state index contributed by atoms with van der Waals surface area (Å²) in [5.74, 6) is 1.66. The summed E-state index contributed by atoms with van der Waals surface area (Å²) >= 11 is 0. The van der Waals surface area contributed by atoms with Crippen LogP contribution >= 0.6 is 0 Å². The summed E-state index contributed by atoms with van der Waals surface area (Å²) in [5.41, 5.74) is 2.13. The molecule has 1 aromatic carbocycles. The summed E-state index contributed by atoms with van der Waals surface area (Å²) < 4.78 is 5.44. The minimum absolute atomic E-state index is 0.171. The average molecular weight is 453 g/mol. The van der Waals surface area contributed by atoms with Gasteiger partial charge in [0, 0.05) is 24.4 Å². The Morgan fingerprint density at radius 2 is 1.42 bits per heavy atom. The maximum absolute atomic E-state index is 12.0. The van der Waals surface area contributed by atoms with Gasteiger partial charge in [0.15, 0.2) is 5.82 Å². The maximum atomic E-state index is 12.0. The smallest absolute Gasteiger partial charge is 0.311 e. The van der Waals surface area contributed by atoms with Crippen LogP contribution in [0, 0.1) is 5.92 Å². The average Bonchev–Trinajstić information content (AvgIpc) is 2.84. The molecule has 4 nitrogen and oxygen atoms in total.